The molecule has 0 amide bonds. The minimum atomic E-state index is 0.441. The quantitative estimate of drug-likeness (QED) is 0.711. The van der Waals surface area contributed by atoms with E-state index in [0.717, 1.165) is 24.5 Å². The molecule has 3 rings (SSSR count). The minimum Gasteiger partial charge on any atom is -0.316 e. The number of rotatable bonds is 0. The SMILES string of the molecule is Clc1ccc2c(c1)CCNCC21CCC1. The van der Waals surface area contributed by atoms with E-state index in [1.807, 2.05) is 6.07 Å². The number of halogens is 1. The Bertz CT molecular complexity index is 382. The predicted molar refractivity (Wildman–Crippen MR) is 63.6 cm³/mol. The first-order chi connectivity index (χ1) is 7.30. The lowest BCUT2D eigenvalue weighted by molar-refractivity contribution is 0.239. The lowest BCUT2D eigenvalue weighted by Crippen LogP contribution is -2.42. The molecule has 1 spiro atoms. The van der Waals surface area contributed by atoms with Crippen molar-refractivity contribution >= 4 is 11.6 Å². The highest BCUT2D eigenvalue weighted by Gasteiger charge is 2.40. The molecular formula is C13H16ClN. The topological polar surface area (TPSA) is 12.0 Å². The molecule has 2 heteroatoms. The van der Waals surface area contributed by atoms with Crippen LogP contribution in [0, 0.1) is 0 Å². The maximum Gasteiger partial charge on any atom is 0.0408 e. The van der Waals surface area contributed by atoms with E-state index in [9.17, 15) is 0 Å². The Morgan fingerprint density at radius 3 is 2.87 bits per heavy atom. The van der Waals surface area contributed by atoms with E-state index in [1.54, 1.807) is 5.56 Å². The molecule has 1 aromatic rings. The monoisotopic (exact) mass is 221 g/mol. The molecule has 0 unspecified atom stereocenters. The van der Waals surface area contributed by atoms with Crippen molar-refractivity contribution < 1.29 is 0 Å². The van der Waals surface area contributed by atoms with Crippen molar-refractivity contribution in [1.29, 1.82) is 0 Å². The van der Waals surface area contributed by atoms with Crippen LogP contribution >= 0.6 is 11.6 Å². The van der Waals surface area contributed by atoms with Crippen LogP contribution in [0.1, 0.15) is 30.4 Å². The molecule has 2 aliphatic rings. The van der Waals surface area contributed by atoms with Crippen LogP contribution in [0.2, 0.25) is 5.02 Å². The predicted octanol–water partition coefficient (Wildman–Crippen LogP) is 2.91. The number of hydrogen-bond acceptors (Lipinski definition) is 1. The summed E-state index contributed by atoms with van der Waals surface area (Å²) < 4.78 is 0. The molecule has 1 heterocycles. The first kappa shape index (κ1) is 9.68. The lowest BCUT2D eigenvalue weighted by Gasteiger charge is -2.42. The lowest BCUT2D eigenvalue weighted by atomic mass is 9.63. The highest BCUT2D eigenvalue weighted by molar-refractivity contribution is 6.30. The second kappa shape index (κ2) is 3.50. The summed E-state index contributed by atoms with van der Waals surface area (Å²) in [6.45, 7) is 2.25. The maximum atomic E-state index is 6.06. The second-order valence-electron chi connectivity index (χ2n) is 4.86. The largest absolute Gasteiger partial charge is 0.316 e. The number of hydrogen-bond donors (Lipinski definition) is 1. The van der Waals surface area contributed by atoms with Gasteiger partial charge in [0.05, 0.1) is 0 Å². The zero-order valence-electron chi connectivity index (χ0n) is 8.85. The van der Waals surface area contributed by atoms with E-state index < -0.39 is 0 Å². The van der Waals surface area contributed by atoms with Crippen LogP contribution in [0.25, 0.3) is 0 Å². The summed E-state index contributed by atoms with van der Waals surface area (Å²) in [7, 11) is 0. The summed E-state index contributed by atoms with van der Waals surface area (Å²) in [4.78, 5) is 0. The summed E-state index contributed by atoms with van der Waals surface area (Å²) >= 11 is 6.06. The summed E-state index contributed by atoms with van der Waals surface area (Å²) in [5.41, 5.74) is 3.46. The van der Waals surface area contributed by atoms with Gasteiger partial charge in [-0.2, -0.15) is 0 Å². The molecule has 1 aliphatic heterocycles. The van der Waals surface area contributed by atoms with E-state index in [1.165, 1.54) is 24.8 Å². The van der Waals surface area contributed by atoms with Gasteiger partial charge in [0, 0.05) is 17.0 Å². The normalized spacial score (nSPS) is 23.0. The van der Waals surface area contributed by atoms with Gasteiger partial charge in [-0.05, 0) is 49.1 Å². The third kappa shape index (κ3) is 1.49. The van der Waals surface area contributed by atoms with Gasteiger partial charge >= 0.3 is 0 Å². The van der Waals surface area contributed by atoms with Crippen LogP contribution in [0.4, 0.5) is 0 Å². The highest BCUT2D eigenvalue weighted by Crippen LogP contribution is 2.45. The molecule has 1 fully saturated rings. The molecule has 1 saturated carbocycles. The molecule has 0 atom stereocenters. The summed E-state index contributed by atoms with van der Waals surface area (Å²) in [6.07, 6.45) is 5.19. The summed E-state index contributed by atoms with van der Waals surface area (Å²) in [6, 6.07) is 6.46. The molecule has 1 N–H and O–H groups in total. The van der Waals surface area contributed by atoms with Crippen molar-refractivity contribution in [3.63, 3.8) is 0 Å². The Morgan fingerprint density at radius 2 is 2.13 bits per heavy atom. The van der Waals surface area contributed by atoms with E-state index in [4.69, 9.17) is 11.6 Å². The molecule has 0 bridgehead atoms. The van der Waals surface area contributed by atoms with E-state index in [-0.39, 0.29) is 0 Å². The van der Waals surface area contributed by atoms with Crippen LogP contribution in [0.3, 0.4) is 0 Å². The molecule has 1 aromatic carbocycles. The standard InChI is InChI=1S/C13H16ClN/c14-11-2-3-12-10(8-11)4-7-15-9-13(12)5-1-6-13/h2-3,8,15H,1,4-7,9H2. The van der Waals surface area contributed by atoms with Crippen LogP contribution in [0.15, 0.2) is 18.2 Å². The van der Waals surface area contributed by atoms with Crippen molar-refractivity contribution in [1.82, 2.24) is 5.32 Å². The fraction of sp³-hybridized carbons (Fsp3) is 0.538. The average Bonchev–Trinajstić information content (AvgIpc) is 2.35. The third-order valence-electron chi connectivity index (χ3n) is 3.98. The number of benzene rings is 1. The van der Waals surface area contributed by atoms with Crippen LogP contribution < -0.4 is 5.32 Å². The first-order valence-corrected chi connectivity index (χ1v) is 6.18. The Morgan fingerprint density at radius 1 is 1.27 bits per heavy atom. The first-order valence-electron chi connectivity index (χ1n) is 5.80. The minimum absolute atomic E-state index is 0.441. The third-order valence-corrected chi connectivity index (χ3v) is 4.22. The average molecular weight is 222 g/mol. The van der Waals surface area contributed by atoms with Crippen LogP contribution in [0.5, 0.6) is 0 Å². The van der Waals surface area contributed by atoms with Gasteiger partial charge in [-0.3, -0.25) is 0 Å². The van der Waals surface area contributed by atoms with Gasteiger partial charge in [-0.25, -0.2) is 0 Å². The van der Waals surface area contributed by atoms with Crippen molar-refractivity contribution in [2.24, 2.45) is 0 Å². The van der Waals surface area contributed by atoms with Crippen molar-refractivity contribution in [2.75, 3.05) is 13.1 Å². The molecule has 15 heavy (non-hydrogen) atoms. The second-order valence-corrected chi connectivity index (χ2v) is 5.30. The summed E-state index contributed by atoms with van der Waals surface area (Å²) in [5, 5.41) is 4.44. The smallest absolute Gasteiger partial charge is 0.0408 e. The Balaban J connectivity index is 2.09. The van der Waals surface area contributed by atoms with Gasteiger partial charge in [0.15, 0.2) is 0 Å². The van der Waals surface area contributed by atoms with Gasteiger partial charge in [0.1, 0.15) is 0 Å². The number of nitrogens with one attached hydrogen (secondary N) is 1. The molecule has 1 aliphatic carbocycles. The molecule has 0 radical (unpaired) electrons. The van der Waals surface area contributed by atoms with Gasteiger partial charge in [0.2, 0.25) is 0 Å². The fourth-order valence-corrected chi connectivity index (χ4v) is 3.18. The van der Waals surface area contributed by atoms with Gasteiger partial charge < -0.3 is 5.32 Å². The van der Waals surface area contributed by atoms with Crippen molar-refractivity contribution in [2.45, 2.75) is 31.1 Å². The van der Waals surface area contributed by atoms with E-state index >= 15 is 0 Å². The molecule has 1 nitrogen and oxygen atoms in total. The van der Waals surface area contributed by atoms with Crippen LogP contribution in [-0.4, -0.2) is 13.1 Å². The van der Waals surface area contributed by atoms with Crippen LogP contribution in [-0.2, 0) is 11.8 Å². The van der Waals surface area contributed by atoms with Crippen molar-refractivity contribution in [3.05, 3.63) is 34.3 Å². The van der Waals surface area contributed by atoms with E-state index in [2.05, 4.69) is 17.4 Å². The molecule has 0 saturated heterocycles. The summed E-state index contributed by atoms with van der Waals surface area (Å²) in [5.74, 6) is 0. The Labute approximate surface area is 95.8 Å². The molecular weight excluding hydrogens is 206 g/mol. The zero-order valence-corrected chi connectivity index (χ0v) is 9.61. The Hall–Kier alpha value is -0.530. The number of fused-ring (bicyclic) bond motifs is 2. The van der Waals surface area contributed by atoms with E-state index in [0.29, 0.717) is 5.41 Å². The Kier molecular flexibility index (Phi) is 2.26. The fourth-order valence-electron chi connectivity index (χ4n) is 2.98. The van der Waals surface area contributed by atoms with Gasteiger partial charge in [0.25, 0.3) is 0 Å². The maximum absolute atomic E-state index is 6.06. The molecule has 0 aromatic heterocycles. The zero-order chi connectivity index (χ0) is 10.3. The highest BCUT2D eigenvalue weighted by atomic mass is 35.5. The van der Waals surface area contributed by atoms with Gasteiger partial charge in [-0.15, -0.1) is 0 Å². The van der Waals surface area contributed by atoms with Gasteiger partial charge in [-0.1, -0.05) is 24.1 Å². The van der Waals surface area contributed by atoms with Crippen molar-refractivity contribution in [3.8, 4) is 0 Å². The molecule has 80 valence electrons.